The number of rotatable bonds is 5. The van der Waals surface area contributed by atoms with Crippen LogP contribution in [0.3, 0.4) is 0 Å². The maximum Gasteiger partial charge on any atom is 0.101 e. The molecule has 0 aromatic carbocycles. The molecule has 0 aromatic rings. The molecule has 100 valence electrons. The Balaban J connectivity index is 1.99. The van der Waals surface area contributed by atoms with Gasteiger partial charge in [-0.25, -0.2) is 0 Å². The molecule has 1 N–H and O–H groups in total. The largest absolute Gasteiger partial charge is 0.358 e. The molecule has 2 rings (SSSR count). The Morgan fingerprint density at radius 2 is 1.94 bits per heavy atom. The van der Waals surface area contributed by atoms with Gasteiger partial charge in [-0.2, -0.15) is 0 Å². The van der Waals surface area contributed by atoms with Crippen molar-refractivity contribution in [2.75, 3.05) is 19.3 Å². The molecule has 2 aliphatic heterocycles. The summed E-state index contributed by atoms with van der Waals surface area (Å²) in [5.74, 6) is 1.10. The summed E-state index contributed by atoms with van der Waals surface area (Å²) in [7, 11) is 0. The van der Waals surface area contributed by atoms with Crippen LogP contribution < -0.4 is 4.72 Å². The van der Waals surface area contributed by atoms with Gasteiger partial charge in [0.15, 0.2) is 0 Å². The Hall–Kier alpha value is -1.03. The highest BCUT2D eigenvalue weighted by molar-refractivity contribution is 7.96. The van der Waals surface area contributed by atoms with Crippen LogP contribution in [0.2, 0.25) is 0 Å². The van der Waals surface area contributed by atoms with E-state index in [2.05, 4.69) is 34.3 Å². The normalized spacial score (nSPS) is 23.6. The summed E-state index contributed by atoms with van der Waals surface area (Å²) in [4.78, 5) is 4.62. The standard InChI is InChI=1S/C14H23N3S/c1-11-10-14(12(2)15-18-4)17(11)13(3)16-8-6-5-7-9-16/h14-15H,1-3,5-10H2,4H3. The molecule has 0 aromatic heterocycles. The average molecular weight is 265 g/mol. The Bertz CT molecular complexity index is 358. The van der Waals surface area contributed by atoms with Gasteiger partial charge in [-0.05, 0) is 19.3 Å². The van der Waals surface area contributed by atoms with Gasteiger partial charge in [0.05, 0.1) is 6.04 Å². The van der Waals surface area contributed by atoms with E-state index in [0.717, 1.165) is 36.7 Å². The van der Waals surface area contributed by atoms with E-state index in [1.54, 1.807) is 11.9 Å². The van der Waals surface area contributed by atoms with Gasteiger partial charge >= 0.3 is 0 Å². The van der Waals surface area contributed by atoms with Crippen molar-refractivity contribution in [3.8, 4) is 0 Å². The van der Waals surface area contributed by atoms with Gasteiger partial charge < -0.3 is 14.5 Å². The predicted octanol–water partition coefficient (Wildman–Crippen LogP) is 2.91. The van der Waals surface area contributed by atoms with Crippen molar-refractivity contribution < 1.29 is 0 Å². The van der Waals surface area contributed by atoms with E-state index in [1.165, 1.54) is 19.3 Å². The van der Waals surface area contributed by atoms with Crippen LogP contribution in [0.25, 0.3) is 0 Å². The van der Waals surface area contributed by atoms with Crippen LogP contribution in [-0.4, -0.2) is 35.2 Å². The smallest absolute Gasteiger partial charge is 0.101 e. The second-order valence-corrected chi connectivity index (χ2v) is 5.56. The van der Waals surface area contributed by atoms with Crippen LogP contribution in [0.5, 0.6) is 0 Å². The quantitative estimate of drug-likeness (QED) is 0.770. The third-order valence-electron chi connectivity index (χ3n) is 3.72. The van der Waals surface area contributed by atoms with Crippen molar-refractivity contribution in [3.05, 3.63) is 37.0 Å². The zero-order valence-electron chi connectivity index (χ0n) is 11.2. The van der Waals surface area contributed by atoms with Crippen LogP contribution in [0.15, 0.2) is 37.0 Å². The first-order chi connectivity index (χ1) is 8.65. The van der Waals surface area contributed by atoms with Crippen LogP contribution >= 0.6 is 11.9 Å². The maximum absolute atomic E-state index is 4.26. The lowest BCUT2D eigenvalue weighted by Crippen LogP contribution is -2.51. The molecule has 0 spiro atoms. The molecule has 0 radical (unpaired) electrons. The molecule has 2 saturated heterocycles. The molecule has 2 aliphatic rings. The first-order valence-corrected chi connectivity index (χ1v) is 7.76. The highest BCUT2D eigenvalue weighted by Gasteiger charge is 2.36. The second-order valence-electron chi connectivity index (χ2n) is 4.95. The fraction of sp³-hybridized carbons (Fsp3) is 0.571. The zero-order valence-corrected chi connectivity index (χ0v) is 12.1. The highest BCUT2D eigenvalue weighted by Crippen LogP contribution is 2.37. The Morgan fingerprint density at radius 3 is 2.50 bits per heavy atom. The number of nitrogens with one attached hydrogen (secondary N) is 1. The first-order valence-electron chi connectivity index (χ1n) is 6.53. The fourth-order valence-electron chi connectivity index (χ4n) is 2.67. The third kappa shape index (κ3) is 2.53. The van der Waals surface area contributed by atoms with E-state index in [4.69, 9.17) is 0 Å². The highest BCUT2D eigenvalue weighted by atomic mass is 32.2. The molecule has 2 heterocycles. The summed E-state index contributed by atoms with van der Waals surface area (Å²) >= 11 is 1.59. The van der Waals surface area contributed by atoms with Crippen molar-refractivity contribution in [1.82, 2.24) is 14.5 Å². The maximum atomic E-state index is 4.26. The van der Waals surface area contributed by atoms with Gasteiger partial charge in [0.1, 0.15) is 5.82 Å². The number of hydrogen-bond acceptors (Lipinski definition) is 4. The third-order valence-corrected chi connectivity index (χ3v) is 4.18. The zero-order chi connectivity index (χ0) is 13.1. The van der Waals surface area contributed by atoms with Crippen LogP contribution in [0, 0.1) is 0 Å². The van der Waals surface area contributed by atoms with Gasteiger partial charge in [-0.15, -0.1) is 0 Å². The lowest BCUT2D eigenvalue weighted by molar-refractivity contribution is 0.142. The number of likely N-dealkylation sites (tertiary alicyclic amines) is 2. The minimum atomic E-state index is 0.319. The van der Waals surface area contributed by atoms with Crippen molar-refractivity contribution in [2.45, 2.75) is 31.7 Å². The molecule has 0 saturated carbocycles. The van der Waals surface area contributed by atoms with Gasteiger partial charge in [0.25, 0.3) is 0 Å². The second kappa shape index (κ2) is 5.74. The molecule has 1 atom stereocenters. The Labute approximate surface area is 115 Å². The fourth-order valence-corrected chi connectivity index (χ4v) is 3.06. The molecular formula is C14H23N3S. The number of hydrogen-bond donors (Lipinski definition) is 1. The summed E-state index contributed by atoms with van der Waals surface area (Å²) in [6.07, 6.45) is 6.89. The molecule has 18 heavy (non-hydrogen) atoms. The SMILES string of the molecule is C=C(NSC)C1CC(=C)N1C(=C)N1CCCCC1. The van der Waals surface area contributed by atoms with Crippen molar-refractivity contribution in [1.29, 1.82) is 0 Å². The van der Waals surface area contributed by atoms with Gasteiger partial charge in [-0.3, -0.25) is 0 Å². The minimum Gasteiger partial charge on any atom is -0.358 e. The average Bonchev–Trinajstić information content (AvgIpc) is 2.37. The Morgan fingerprint density at radius 1 is 1.28 bits per heavy atom. The van der Waals surface area contributed by atoms with Gasteiger partial charge in [0, 0.05) is 37.2 Å². The van der Waals surface area contributed by atoms with Gasteiger partial charge in [0.2, 0.25) is 0 Å². The molecule has 0 aliphatic carbocycles. The Kier molecular flexibility index (Phi) is 4.27. The van der Waals surface area contributed by atoms with E-state index in [9.17, 15) is 0 Å². The van der Waals surface area contributed by atoms with Crippen molar-refractivity contribution >= 4 is 11.9 Å². The number of piperidine rings is 1. The summed E-state index contributed by atoms with van der Waals surface area (Å²) in [5, 5.41) is 0. The summed E-state index contributed by atoms with van der Waals surface area (Å²) in [5.41, 5.74) is 2.20. The molecule has 0 bridgehead atoms. The van der Waals surface area contributed by atoms with Crippen LogP contribution in [0.4, 0.5) is 0 Å². The van der Waals surface area contributed by atoms with Crippen LogP contribution in [0.1, 0.15) is 25.7 Å². The van der Waals surface area contributed by atoms with Crippen LogP contribution in [-0.2, 0) is 0 Å². The molecule has 4 heteroatoms. The molecule has 1 unspecified atom stereocenters. The summed E-state index contributed by atoms with van der Waals surface area (Å²) in [6, 6.07) is 0.319. The van der Waals surface area contributed by atoms with E-state index < -0.39 is 0 Å². The number of nitrogens with zero attached hydrogens (tertiary/aromatic N) is 2. The first kappa shape index (κ1) is 13.4. The topological polar surface area (TPSA) is 18.5 Å². The van der Waals surface area contributed by atoms with E-state index >= 15 is 0 Å². The van der Waals surface area contributed by atoms with Crippen molar-refractivity contribution in [3.63, 3.8) is 0 Å². The molecule has 3 nitrogen and oxygen atoms in total. The monoisotopic (exact) mass is 265 g/mol. The molecular weight excluding hydrogens is 242 g/mol. The van der Waals surface area contributed by atoms with E-state index in [-0.39, 0.29) is 0 Å². The van der Waals surface area contributed by atoms with Crippen molar-refractivity contribution in [2.24, 2.45) is 0 Å². The molecule has 0 amide bonds. The minimum absolute atomic E-state index is 0.319. The molecule has 2 fully saturated rings. The van der Waals surface area contributed by atoms with E-state index in [0.29, 0.717) is 6.04 Å². The predicted molar refractivity (Wildman–Crippen MR) is 79.7 cm³/mol. The summed E-state index contributed by atoms with van der Waals surface area (Å²) in [6.45, 7) is 14.7. The van der Waals surface area contributed by atoms with E-state index in [1.807, 2.05) is 6.26 Å². The summed E-state index contributed by atoms with van der Waals surface area (Å²) < 4.78 is 3.24. The lowest BCUT2D eigenvalue weighted by atomic mass is 9.96. The van der Waals surface area contributed by atoms with Gasteiger partial charge in [-0.1, -0.05) is 31.7 Å². The lowest BCUT2D eigenvalue weighted by Gasteiger charge is -2.49.